The molecule has 1 atom stereocenters. The molecule has 3 rings (SSSR count). The standard InChI is InChI=1S/C23H25N3O3S/c1-5-12-26-22(28)20(14-21(27)25-19-13-15(2)6-7-16(19)3)30-23(26)24-17-8-10-18(29-4)11-9-17/h5-11,13,20H,1,12,14H2,2-4H3,(H,25,27). The molecule has 156 valence electrons. The first kappa shape index (κ1) is 21.6. The van der Waals surface area contributed by atoms with Crippen LogP contribution in [0.1, 0.15) is 17.5 Å². The van der Waals surface area contributed by atoms with Crippen LogP contribution in [-0.4, -0.2) is 40.8 Å². The number of rotatable bonds is 7. The normalized spacial score (nSPS) is 17.3. The number of carbonyl (C=O) groups excluding carboxylic acids is 2. The predicted octanol–water partition coefficient (Wildman–Crippen LogP) is 4.46. The third-order valence-electron chi connectivity index (χ3n) is 4.67. The molecular weight excluding hydrogens is 398 g/mol. The maximum absolute atomic E-state index is 12.9. The van der Waals surface area contributed by atoms with Gasteiger partial charge in [0.1, 0.15) is 11.0 Å². The summed E-state index contributed by atoms with van der Waals surface area (Å²) in [6, 6.07) is 13.2. The van der Waals surface area contributed by atoms with Gasteiger partial charge in [0.15, 0.2) is 5.17 Å². The van der Waals surface area contributed by atoms with Gasteiger partial charge < -0.3 is 10.1 Å². The number of amidine groups is 1. The van der Waals surface area contributed by atoms with Crippen LogP contribution in [0.25, 0.3) is 0 Å². The highest BCUT2D eigenvalue weighted by Crippen LogP contribution is 2.32. The molecule has 2 aromatic carbocycles. The largest absolute Gasteiger partial charge is 0.497 e. The van der Waals surface area contributed by atoms with Crippen molar-refractivity contribution < 1.29 is 14.3 Å². The van der Waals surface area contributed by atoms with Crippen LogP contribution in [0.15, 0.2) is 60.1 Å². The second-order valence-electron chi connectivity index (χ2n) is 7.01. The first-order chi connectivity index (χ1) is 14.4. The Morgan fingerprint density at radius 2 is 2.00 bits per heavy atom. The minimum atomic E-state index is -0.521. The summed E-state index contributed by atoms with van der Waals surface area (Å²) in [7, 11) is 1.60. The highest BCUT2D eigenvalue weighted by molar-refractivity contribution is 8.15. The average Bonchev–Trinajstić information content (AvgIpc) is 3.00. The van der Waals surface area contributed by atoms with Gasteiger partial charge in [-0.25, -0.2) is 4.99 Å². The summed E-state index contributed by atoms with van der Waals surface area (Å²) < 4.78 is 5.17. The van der Waals surface area contributed by atoms with Crippen molar-refractivity contribution in [3.63, 3.8) is 0 Å². The molecule has 7 heteroatoms. The van der Waals surface area contributed by atoms with Gasteiger partial charge in [-0.1, -0.05) is 30.0 Å². The molecular formula is C23H25N3O3S. The maximum atomic E-state index is 12.9. The molecule has 1 aliphatic heterocycles. The van der Waals surface area contributed by atoms with Crippen molar-refractivity contribution in [3.05, 3.63) is 66.2 Å². The Kier molecular flexibility index (Phi) is 6.95. The number of hydrogen-bond donors (Lipinski definition) is 1. The van der Waals surface area contributed by atoms with E-state index in [1.165, 1.54) is 11.8 Å². The Morgan fingerprint density at radius 3 is 2.67 bits per heavy atom. The molecule has 1 unspecified atom stereocenters. The Labute approximate surface area is 181 Å². The van der Waals surface area contributed by atoms with E-state index in [-0.39, 0.29) is 18.2 Å². The van der Waals surface area contributed by atoms with Crippen LogP contribution in [0.2, 0.25) is 0 Å². The Morgan fingerprint density at radius 1 is 1.27 bits per heavy atom. The second-order valence-corrected chi connectivity index (χ2v) is 8.18. The highest BCUT2D eigenvalue weighted by atomic mass is 32.2. The monoisotopic (exact) mass is 423 g/mol. The van der Waals surface area contributed by atoms with Gasteiger partial charge in [0.25, 0.3) is 0 Å². The van der Waals surface area contributed by atoms with E-state index in [9.17, 15) is 9.59 Å². The van der Waals surface area contributed by atoms with Crippen molar-refractivity contribution in [1.29, 1.82) is 0 Å². The van der Waals surface area contributed by atoms with E-state index in [1.807, 2.05) is 56.3 Å². The van der Waals surface area contributed by atoms with E-state index in [0.717, 1.165) is 22.6 Å². The molecule has 1 aliphatic rings. The molecule has 0 aromatic heterocycles. The Balaban J connectivity index is 1.74. The first-order valence-corrected chi connectivity index (χ1v) is 10.5. The van der Waals surface area contributed by atoms with Crippen molar-refractivity contribution in [1.82, 2.24) is 4.90 Å². The van der Waals surface area contributed by atoms with Crippen molar-refractivity contribution in [3.8, 4) is 5.75 Å². The molecule has 6 nitrogen and oxygen atoms in total. The summed E-state index contributed by atoms with van der Waals surface area (Å²) >= 11 is 1.30. The number of thioether (sulfide) groups is 1. The lowest BCUT2D eigenvalue weighted by molar-refractivity contribution is -0.127. The third kappa shape index (κ3) is 5.10. The molecule has 2 amide bonds. The van der Waals surface area contributed by atoms with Crippen molar-refractivity contribution in [2.75, 3.05) is 19.0 Å². The maximum Gasteiger partial charge on any atom is 0.242 e. The summed E-state index contributed by atoms with van der Waals surface area (Å²) in [5.41, 5.74) is 3.52. The zero-order chi connectivity index (χ0) is 21.7. The van der Waals surface area contributed by atoms with Crippen LogP contribution >= 0.6 is 11.8 Å². The SMILES string of the molecule is C=CCN1C(=O)C(CC(=O)Nc2cc(C)ccc2C)SC1=Nc1ccc(OC)cc1. The molecule has 0 radical (unpaired) electrons. The van der Waals surface area contributed by atoms with Crippen LogP contribution in [0.5, 0.6) is 5.75 Å². The topological polar surface area (TPSA) is 71.0 Å². The molecule has 0 aliphatic carbocycles. The Hall–Kier alpha value is -3.06. The number of anilines is 1. The number of aryl methyl sites for hydroxylation is 2. The van der Waals surface area contributed by atoms with Gasteiger partial charge in [-0.3, -0.25) is 14.5 Å². The fourth-order valence-corrected chi connectivity index (χ4v) is 4.20. The van der Waals surface area contributed by atoms with Crippen LogP contribution in [-0.2, 0) is 9.59 Å². The number of nitrogens with one attached hydrogen (secondary N) is 1. The number of nitrogens with zero attached hydrogens (tertiary/aromatic N) is 2. The molecule has 30 heavy (non-hydrogen) atoms. The van der Waals surface area contributed by atoms with Gasteiger partial charge >= 0.3 is 0 Å². The predicted molar refractivity (Wildman–Crippen MR) is 123 cm³/mol. The number of benzene rings is 2. The average molecular weight is 424 g/mol. The fourth-order valence-electron chi connectivity index (χ4n) is 3.03. The molecule has 1 saturated heterocycles. The minimum absolute atomic E-state index is 0.0756. The van der Waals surface area contributed by atoms with Crippen LogP contribution in [0.4, 0.5) is 11.4 Å². The third-order valence-corrected chi connectivity index (χ3v) is 5.84. The molecule has 0 spiro atoms. The van der Waals surface area contributed by atoms with E-state index in [1.54, 1.807) is 18.1 Å². The van der Waals surface area contributed by atoms with Gasteiger partial charge in [0, 0.05) is 18.7 Å². The smallest absolute Gasteiger partial charge is 0.242 e. The zero-order valence-corrected chi connectivity index (χ0v) is 18.2. The van der Waals surface area contributed by atoms with Gasteiger partial charge in [0.05, 0.1) is 12.8 Å². The van der Waals surface area contributed by atoms with Crippen LogP contribution in [0, 0.1) is 13.8 Å². The zero-order valence-electron chi connectivity index (χ0n) is 17.3. The number of ether oxygens (including phenoxy) is 1. The lowest BCUT2D eigenvalue weighted by atomic mass is 10.1. The lowest BCUT2D eigenvalue weighted by Gasteiger charge is -2.14. The van der Waals surface area contributed by atoms with E-state index in [2.05, 4.69) is 16.9 Å². The number of methoxy groups -OCH3 is 1. The molecule has 1 N–H and O–H groups in total. The molecule has 2 aromatic rings. The summed E-state index contributed by atoms with van der Waals surface area (Å²) in [6.07, 6.45) is 1.73. The van der Waals surface area contributed by atoms with Gasteiger partial charge in [-0.05, 0) is 55.3 Å². The van der Waals surface area contributed by atoms with Crippen molar-refractivity contribution in [2.45, 2.75) is 25.5 Å². The molecule has 0 bridgehead atoms. The van der Waals surface area contributed by atoms with E-state index in [4.69, 9.17) is 4.74 Å². The first-order valence-electron chi connectivity index (χ1n) is 9.60. The number of aliphatic imine (C=N–C) groups is 1. The fraction of sp³-hybridized carbons (Fsp3) is 0.261. The number of amides is 2. The summed E-state index contributed by atoms with van der Waals surface area (Å²) in [5.74, 6) is 0.403. The summed E-state index contributed by atoms with van der Waals surface area (Å²) in [4.78, 5) is 31.7. The second kappa shape index (κ2) is 9.63. The molecule has 0 saturated carbocycles. The van der Waals surface area contributed by atoms with E-state index < -0.39 is 5.25 Å². The van der Waals surface area contributed by atoms with Crippen LogP contribution in [0.3, 0.4) is 0 Å². The van der Waals surface area contributed by atoms with E-state index in [0.29, 0.717) is 17.4 Å². The van der Waals surface area contributed by atoms with Gasteiger partial charge in [-0.15, -0.1) is 6.58 Å². The summed E-state index contributed by atoms with van der Waals surface area (Å²) in [6.45, 7) is 7.98. The number of carbonyl (C=O) groups is 2. The van der Waals surface area contributed by atoms with E-state index >= 15 is 0 Å². The minimum Gasteiger partial charge on any atom is -0.497 e. The van der Waals surface area contributed by atoms with Crippen LogP contribution < -0.4 is 10.1 Å². The van der Waals surface area contributed by atoms with Gasteiger partial charge in [-0.2, -0.15) is 0 Å². The summed E-state index contributed by atoms with van der Waals surface area (Å²) in [5, 5.41) is 2.97. The Bertz CT molecular complexity index is 986. The van der Waals surface area contributed by atoms with Crippen molar-refractivity contribution in [2.24, 2.45) is 4.99 Å². The lowest BCUT2D eigenvalue weighted by Crippen LogP contribution is -2.33. The quantitative estimate of drug-likeness (QED) is 0.668. The molecule has 1 fully saturated rings. The molecule has 1 heterocycles. The van der Waals surface area contributed by atoms with Gasteiger partial charge in [0.2, 0.25) is 11.8 Å². The van der Waals surface area contributed by atoms with Crippen molar-refractivity contribution >= 4 is 40.1 Å². The highest BCUT2D eigenvalue weighted by Gasteiger charge is 2.38. The number of hydrogen-bond acceptors (Lipinski definition) is 5.